The highest BCUT2D eigenvalue weighted by atomic mass is 16.6. The number of aryl methyl sites for hydroxylation is 1. The lowest BCUT2D eigenvalue weighted by Gasteiger charge is -2.32. The second kappa shape index (κ2) is 5.48. The van der Waals surface area contributed by atoms with Gasteiger partial charge < -0.3 is 9.84 Å². The van der Waals surface area contributed by atoms with Crippen LogP contribution in [-0.2, 0) is 20.7 Å². The van der Waals surface area contributed by atoms with E-state index in [9.17, 15) is 14.7 Å². The number of benzene rings is 1. The standard InChI is InChI=1S/C16H21NO4/c1-9-6-5-7-10-11(9)8-12(14(18)19)17-13(10)15(20)21-16(2,3)4/h5-7,12-13,17H,8H2,1-4H3,(H,18,19). The van der Waals surface area contributed by atoms with Crippen molar-refractivity contribution in [2.75, 3.05) is 0 Å². The summed E-state index contributed by atoms with van der Waals surface area (Å²) >= 11 is 0. The maximum atomic E-state index is 12.4. The molecule has 1 aromatic carbocycles. The Bertz CT molecular complexity index is 574. The van der Waals surface area contributed by atoms with Crippen molar-refractivity contribution in [3.05, 3.63) is 34.9 Å². The third-order valence-corrected chi connectivity index (χ3v) is 3.47. The molecule has 0 radical (unpaired) electrons. The number of fused-ring (bicyclic) bond motifs is 1. The van der Waals surface area contributed by atoms with Gasteiger partial charge in [0.15, 0.2) is 0 Å². The normalized spacial score (nSPS) is 21.5. The van der Waals surface area contributed by atoms with Gasteiger partial charge >= 0.3 is 11.9 Å². The molecule has 2 unspecified atom stereocenters. The van der Waals surface area contributed by atoms with Crippen molar-refractivity contribution in [1.82, 2.24) is 5.32 Å². The SMILES string of the molecule is Cc1cccc2c1CC(C(=O)O)NC2C(=O)OC(C)(C)C. The quantitative estimate of drug-likeness (QED) is 0.815. The van der Waals surface area contributed by atoms with Crippen LogP contribution in [0.25, 0.3) is 0 Å². The number of hydrogen-bond acceptors (Lipinski definition) is 4. The average Bonchev–Trinajstić information content (AvgIpc) is 2.36. The van der Waals surface area contributed by atoms with Gasteiger partial charge in [-0.3, -0.25) is 10.1 Å². The van der Waals surface area contributed by atoms with Crippen LogP contribution in [0.5, 0.6) is 0 Å². The number of carboxylic acid groups (broad SMARTS) is 1. The first-order chi connectivity index (χ1) is 9.69. The van der Waals surface area contributed by atoms with Crippen LogP contribution in [0, 0.1) is 6.92 Å². The Balaban J connectivity index is 2.39. The van der Waals surface area contributed by atoms with E-state index in [4.69, 9.17) is 4.74 Å². The number of nitrogens with one attached hydrogen (secondary N) is 1. The number of aliphatic carboxylic acids is 1. The Kier molecular flexibility index (Phi) is 4.05. The maximum Gasteiger partial charge on any atom is 0.328 e. The Morgan fingerprint density at radius 1 is 1.33 bits per heavy atom. The third kappa shape index (κ3) is 3.42. The fourth-order valence-electron chi connectivity index (χ4n) is 2.54. The molecule has 0 spiro atoms. The molecule has 2 rings (SSSR count). The molecule has 114 valence electrons. The molecule has 1 aliphatic rings. The molecular weight excluding hydrogens is 270 g/mol. The van der Waals surface area contributed by atoms with Crippen LogP contribution in [-0.4, -0.2) is 28.7 Å². The molecule has 0 saturated heterocycles. The van der Waals surface area contributed by atoms with Crippen molar-refractivity contribution in [2.24, 2.45) is 0 Å². The number of carbonyl (C=O) groups excluding carboxylic acids is 1. The Hall–Kier alpha value is -1.88. The molecular formula is C16H21NO4. The first-order valence-corrected chi connectivity index (χ1v) is 6.99. The molecule has 2 N–H and O–H groups in total. The van der Waals surface area contributed by atoms with Crippen LogP contribution in [0.3, 0.4) is 0 Å². The molecule has 0 fully saturated rings. The molecule has 0 aromatic heterocycles. The highest BCUT2D eigenvalue weighted by Gasteiger charge is 2.37. The van der Waals surface area contributed by atoms with Crippen LogP contribution in [0.1, 0.15) is 43.5 Å². The molecule has 1 aliphatic heterocycles. The summed E-state index contributed by atoms with van der Waals surface area (Å²) in [6.45, 7) is 7.30. The van der Waals surface area contributed by atoms with E-state index in [1.54, 1.807) is 20.8 Å². The molecule has 0 aliphatic carbocycles. The van der Waals surface area contributed by atoms with Gasteiger partial charge in [-0.2, -0.15) is 0 Å². The first-order valence-electron chi connectivity index (χ1n) is 6.99. The minimum Gasteiger partial charge on any atom is -0.480 e. The van der Waals surface area contributed by atoms with Crippen molar-refractivity contribution in [2.45, 2.75) is 51.8 Å². The summed E-state index contributed by atoms with van der Waals surface area (Å²) in [6, 6.07) is 4.12. The topological polar surface area (TPSA) is 75.6 Å². The van der Waals surface area contributed by atoms with E-state index in [1.165, 1.54) is 0 Å². The predicted octanol–water partition coefficient (Wildman–Crippen LogP) is 1.98. The summed E-state index contributed by atoms with van der Waals surface area (Å²) in [7, 11) is 0. The van der Waals surface area contributed by atoms with Crippen molar-refractivity contribution >= 4 is 11.9 Å². The lowest BCUT2D eigenvalue weighted by molar-refractivity contribution is -0.158. The summed E-state index contributed by atoms with van der Waals surface area (Å²) in [4.78, 5) is 23.7. The van der Waals surface area contributed by atoms with Crippen LogP contribution >= 0.6 is 0 Å². The Morgan fingerprint density at radius 3 is 2.57 bits per heavy atom. The summed E-state index contributed by atoms with van der Waals surface area (Å²) in [5, 5.41) is 12.2. The second-order valence-electron chi connectivity index (χ2n) is 6.37. The van der Waals surface area contributed by atoms with Gasteiger partial charge in [-0.1, -0.05) is 18.2 Å². The van der Waals surface area contributed by atoms with Crippen molar-refractivity contribution in [1.29, 1.82) is 0 Å². The van der Waals surface area contributed by atoms with E-state index in [2.05, 4.69) is 5.32 Å². The zero-order chi connectivity index (χ0) is 15.8. The molecule has 1 aromatic rings. The fourth-order valence-corrected chi connectivity index (χ4v) is 2.54. The zero-order valence-electron chi connectivity index (χ0n) is 12.8. The van der Waals surface area contributed by atoms with Gasteiger partial charge in [-0.15, -0.1) is 0 Å². The third-order valence-electron chi connectivity index (χ3n) is 3.47. The summed E-state index contributed by atoms with van der Waals surface area (Å²) in [6.07, 6.45) is 0.372. The second-order valence-corrected chi connectivity index (χ2v) is 6.37. The number of carboxylic acids is 1. The molecule has 5 heteroatoms. The van der Waals surface area contributed by atoms with Crippen molar-refractivity contribution in [3.63, 3.8) is 0 Å². The first kappa shape index (κ1) is 15.5. The maximum absolute atomic E-state index is 12.4. The number of rotatable bonds is 2. The highest BCUT2D eigenvalue weighted by Crippen LogP contribution is 2.29. The molecule has 0 amide bonds. The van der Waals surface area contributed by atoms with E-state index < -0.39 is 29.6 Å². The monoisotopic (exact) mass is 291 g/mol. The van der Waals surface area contributed by atoms with E-state index in [-0.39, 0.29) is 0 Å². The molecule has 0 bridgehead atoms. The van der Waals surface area contributed by atoms with E-state index in [0.29, 0.717) is 6.42 Å². The predicted molar refractivity (Wildman–Crippen MR) is 78.0 cm³/mol. The Morgan fingerprint density at radius 2 is 2.00 bits per heavy atom. The van der Waals surface area contributed by atoms with Gasteiger partial charge in [0.1, 0.15) is 17.7 Å². The molecule has 0 saturated carbocycles. The van der Waals surface area contributed by atoms with Crippen molar-refractivity contribution < 1.29 is 19.4 Å². The minimum absolute atomic E-state index is 0.372. The summed E-state index contributed by atoms with van der Waals surface area (Å²) < 4.78 is 5.41. The molecule has 1 heterocycles. The van der Waals surface area contributed by atoms with Crippen LogP contribution in [0.4, 0.5) is 0 Å². The van der Waals surface area contributed by atoms with Crippen LogP contribution in [0.2, 0.25) is 0 Å². The minimum atomic E-state index is -0.961. The van der Waals surface area contributed by atoms with Gasteiger partial charge in [0.05, 0.1) is 0 Å². The molecule has 5 nitrogen and oxygen atoms in total. The average molecular weight is 291 g/mol. The zero-order valence-corrected chi connectivity index (χ0v) is 12.8. The van der Waals surface area contributed by atoms with E-state index >= 15 is 0 Å². The van der Waals surface area contributed by atoms with Gasteiger partial charge in [0.2, 0.25) is 0 Å². The van der Waals surface area contributed by atoms with E-state index in [0.717, 1.165) is 16.7 Å². The van der Waals surface area contributed by atoms with Gasteiger partial charge in [0, 0.05) is 0 Å². The fraction of sp³-hybridized carbons (Fsp3) is 0.500. The van der Waals surface area contributed by atoms with Crippen LogP contribution < -0.4 is 5.32 Å². The smallest absolute Gasteiger partial charge is 0.328 e. The van der Waals surface area contributed by atoms with E-state index in [1.807, 2.05) is 25.1 Å². The lowest BCUT2D eigenvalue weighted by atomic mass is 9.87. The van der Waals surface area contributed by atoms with Crippen LogP contribution in [0.15, 0.2) is 18.2 Å². The largest absolute Gasteiger partial charge is 0.480 e. The highest BCUT2D eigenvalue weighted by molar-refractivity contribution is 5.82. The number of esters is 1. The van der Waals surface area contributed by atoms with Gasteiger partial charge in [-0.05, 0) is 50.8 Å². The molecule has 21 heavy (non-hydrogen) atoms. The van der Waals surface area contributed by atoms with Gasteiger partial charge in [0.25, 0.3) is 0 Å². The molecule has 2 atom stereocenters. The Labute approximate surface area is 124 Å². The lowest BCUT2D eigenvalue weighted by Crippen LogP contribution is -2.48. The summed E-state index contributed by atoms with van der Waals surface area (Å²) in [5.74, 6) is -1.40. The van der Waals surface area contributed by atoms with Crippen molar-refractivity contribution in [3.8, 4) is 0 Å². The number of hydrogen-bond donors (Lipinski definition) is 2. The number of ether oxygens (including phenoxy) is 1. The van der Waals surface area contributed by atoms with Gasteiger partial charge in [-0.25, -0.2) is 4.79 Å². The summed E-state index contributed by atoms with van der Waals surface area (Å²) in [5.41, 5.74) is 2.11. The number of carbonyl (C=O) groups is 2.